The monoisotopic (exact) mass is 264 g/mol. The number of halogens is 1. The van der Waals surface area contributed by atoms with Gasteiger partial charge in [0.2, 0.25) is 0 Å². The molecule has 19 heavy (non-hydrogen) atoms. The van der Waals surface area contributed by atoms with Gasteiger partial charge in [-0.1, -0.05) is 25.8 Å². The second-order valence-electron chi connectivity index (χ2n) is 5.53. The minimum atomic E-state index is -0.156. The average molecular weight is 264 g/mol. The Labute approximate surface area is 115 Å². The van der Waals surface area contributed by atoms with Crippen LogP contribution in [0, 0.1) is 5.82 Å². The third-order valence-electron chi connectivity index (χ3n) is 4.13. The maximum absolute atomic E-state index is 13.4. The van der Waals surface area contributed by atoms with Crippen LogP contribution in [0.25, 0.3) is 0 Å². The lowest BCUT2D eigenvalue weighted by Crippen LogP contribution is -2.39. The van der Waals surface area contributed by atoms with E-state index >= 15 is 0 Å². The Morgan fingerprint density at radius 1 is 1.32 bits per heavy atom. The van der Waals surface area contributed by atoms with Crippen molar-refractivity contribution in [1.82, 2.24) is 4.90 Å². The molecule has 0 aliphatic carbocycles. The van der Waals surface area contributed by atoms with Gasteiger partial charge < -0.3 is 5.73 Å². The van der Waals surface area contributed by atoms with E-state index < -0.39 is 0 Å². The van der Waals surface area contributed by atoms with E-state index in [4.69, 9.17) is 5.73 Å². The molecule has 2 N–H and O–H groups in total. The second-order valence-corrected chi connectivity index (χ2v) is 5.53. The molecule has 106 valence electrons. The van der Waals surface area contributed by atoms with Crippen LogP contribution in [0.4, 0.5) is 4.39 Å². The number of piperidine rings is 1. The highest BCUT2D eigenvalue weighted by atomic mass is 19.1. The van der Waals surface area contributed by atoms with E-state index in [0.717, 1.165) is 24.2 Å². The van der Waals surface area contributed by atoms with E-state index in [9.17, 15) is 4.39 Å². The zero-order valence-corrected chi connectivity index (χ0v) is 11.9. The molecule has 2 nitrogen and oxygen atoms in total. The summed E-state index contributed by atoms with van der Waals surface area (Å²) in [7, 11) is 0. The highest BCUT2D eigenvalue weighted by Gasteiger charge is 2.22. The summed E-state index contributed by atoms with van der Waals surface area (Å²) in [6, 6.07) is 5.64. The molecule has 0 saturated carbocycles. The van der Waals surface area contributed by atoms with Crippen molar-refractivity contribution in [1.29, 1.82) is 0 Å². The molecular weight excluding hydrogens is 239 g/mol. The summed E-state index contributed by atoms with van der Waals surface area (Å²) in [4.78, 5) is 2.51. The van der Waals surface area contributed by atoms with Gasteiger partial charge in [0.05, 0.1) is 0 Å². The van der Waals surface area contributed by atoms with Crippen LogP contribution < -0.4 is 5.73 Å². The Morgan fingerprint density at radius 3 is 2.89 bits per heavy atom. The van der Waals surface area contributed by atoms with Gasteiger partial charge in [-0.2, -0.15) is 0 Å². The fraction of sp³-hybridized carbons (Fsp3) is 0.625. The van der Waals surface area contributed by atoms with Crippen molar-refractivity contribution in [3.63, 3.8) is 0 Å². The molecule has 1 aromatic rings. The lowest BCUT2D eigenvalue weighted by molar-refractivity contribution is 0.131. The summed E-state index contributed by atoms with van der Waals surface area (Å²) in [6.07, 6.45) is 6.32. The molecular formula is C16H25FN2. The quantitative estimate of drug-likeness (QED) is 0.882. The molecule has 1 unspecified atom stereocenters. The summed E-state index contributed by atoms with van der Waals surface area (Å²) in [5, 5.41) is 0. The average Bonchev–Trinajstić information content (AvgIpc) is 2.42. The SMILES string of the molecule is CCCC1CCCCN1Cc1cc(F)ccc1CN. The summed E-state index contributed by atoms with van der Waals surface area (Å²) >= 11 is 0. The summed E-state index contributed by atoms with van der Waals surface area (Å²) in [6.45, 7) is 4.70. The van der Waals surface area contributed by atoms with E-state index in [2.05, 4.69) is 11.8 Å². The van der Waals surface area contributed by atoms with Crippen LogP contribution in [0.15, 0.2) is 18.2 Å². The van der Waals surface area contributed by atoms with Gasteiger partial charge in [-0.3, -0.25) is 4.90 Å². The smallest absolute Gasteiger partial charge is 0.123 e. The molecule has 2 rings (SSSR count). The van der Waals surface area contributed by atoms with Crippen molar-refractivity contribution in [2.45, 2.75) is 58.2 Å². The molecule has 1 heterocycles. The number of benzene rings is 1. The van der Waals surface area contributed by atoms with Crippen LogP contribution in [0.1, 0.15) is 50.2 Å². The van der Waals surface area contributed by atoms with Crippen molar-refractivity contribution in [2.24, 2.45) is 5.73 Å². The van der Waals surface area contributed by atoms with Crippen molar-refractivity contribution in [3.8, 4) is 0 Å². The van der Waals surface area contributed by atoms with Crippen LogP contribution >= 0.6 is 0 Å². The zero-order chi connectivity index (χ0) is 13.7. The first-order chi connectivity index (χ1) is 9.24. The van der Waals surface area contributed by atoms with Crippen molar-refractivity contribution in [2.75, 3.05) is 6.54 Å². The van der Waals surface area contributed by atoms with Crippen molar-refractivity contribution in [3.05, 3.63) is 35.1 Å². The second kappa shape index (κ2) is 7.01. The van der Waals surface area contributed by atoms with Crippen LogP contribution in [0.2, 0.25) is 0 Å². The number of rotatable bonds is 5. The van der Waals surface area contributed by atoms with Crippen LogP contribution in [0.3, 0.4) is 0 Å². The third kappa shape index (κ3) is 3.77. The molecule has 1 atom stereocenters. The molecule has 1 aliphatic heterocycles. The zero-order valence-electron chi connectivity index (χ0n) is 11.9. The number of hydrogen-bond donors (Lipinski definition) is 1. The molecule has 1 fully saturated rings. The van der Waals surface area contributed by atoms with Crippen molar-refractivity contribution >= 4 is 0 Å². The van der Waals surface area contributed by atoms with Gasteiger partial charge in [-0.15, -0.1) is 0 Å². The lowest BCUT2D eigenvalue weighted by Gasteiger charge is -2.36. The lowest BCUT2D eigenvalue weighted by atomic mass is 9.96. The van der Waals surface area contributed by atoms with Crippen LogP contribution in [-0.2, 0) is 13.1 Å². The molecule has 1 aliphatic rings. The first-order valence-electron chi connectivity index (χ1n) is 7.46. The van der Waals surface area contributed by atoms with Gasteiger partial charge in [-0.25, -0.2) is 4.39 Å². The predicted octanol–water partition coefficient (Wildman–Crippen LogP) is 3.44. The summed E-state index contributed by atoms with van der Waals surface area (Å²) < 4.78 is 13.4. The van der Waals surface area contributed by atoms with Gasteiger partial charge in [-0.05, 0) is 49.1 Å². The maximum atomic E-state index is 13.4. The highest BCUT2D eigenvalue weighted by Crippen LogP contribution is 2.24. The number of likely N-dealkylation sites (tertiary alicyclic amines) is 1. The molecule has 3 heteroatoms. The first kappa shape index (κ1) is 14.5. The largest absolute Gasteiger partial charge is 0.326 e. The third-order valence-corrected chi connectivity index (χ3v) is 4.13. The van der Waals surface area contributed by atoms with E-state index in [1.807, 2.05) is 6.07 Å². The molecule has 1 aromatic carbocycles. The fourth-order valence-electron chi connectivity index (χ4n) is 3.09. The topological polar surface area (TPSA) is 29.3 Å². The van der Waals surface area contributed by atoms with E-state index in [0.29, 0.717) is 12.6 Å². The Kier molecular flexibility index (Phi) is 5.34. The van der Waals surface area contributed by atoms with Gasteiger partial charge >= 0.3 is 0 Å². The minimum absolute atomic E-state index is 0.156. The normalized spacial score (nSPS) is 20.7. The number of nitrogens with two attached hydrogens (primary N) is 1. The highest BCUT2D eigenvalue weighted by molar-refractivity contribution is 5.27. The Balaban J connectivity index is 2.11. The van der Waals surface area contributed by atoms with Gasteiger partial charge in [0.25, 0.3) is 0 Å². The molecule has 0 amide bonds. The Morgan fingerprint density at radius 2 is 2.16 bits per heavy atom. The van der Waals surface area contributed by atoms with Gasteiger partial charge in [0.15, 0.2) is 0 Å². The molecule has 1 saturated heterocycles. The van der Waals surface area contributed by atoms with E-state index in [1.54, 1.807) is 6.07 Å². The molecule has 0 spiro atoms. The Bertz CT molecular complexity index is 404. The Hall–Kier alpha value is -0.930. The standard InChI is InChI=1S/C16H25FN2/c1-2-5-16-6-3-4-9-19(16)12-14-10-15(17)8-7-13(14)11-18/h7-8,10,16H,2-6,9,11-12,18H2,1H3. The van der Waals surface area contributed by atoms with Gasteiger partial charge in [0.1, 0.15) is 5.82 Å². The molecule has 0 aromatic heterocycles. The van der Waals surface area contributed by atoms with Gasteiger partial charge in [0, 0.05) is 19.1 Å². The predicted molar refractivity (Wildman–Crippen MR) is 77.2 cm³/mol. The summed E-state index contributed by atoms with van der Waals surface area (Å²) in [5.41, 5.74) is 7.89. The molecule has 0 bridgehead atoms. The summed E-state index contributed by atoms with van der Waals surface area (Å²) in [5.74, 6) is -0.156. The minimum Gasteiger partial charge on any atom is -0.326 e. The number of hydrogen-bond acceptors (Lipinski definition) is 2. The van der Waals surface area contributed by atoms with Crippen molar-refractivity contribution < 1.29 is 4.39 Å². The van der Waals surface area contributed by atoms with E-state index in [-0.39, 0.29) is 5.82 Å². The first-order valence-corrected chi connectivity index (χ1v) is 7.46. The fourth-order valence-corrected chi connectivity index (χ4v) is 3.09. The maximum Gasteiger partial charge on any atom is 0.123 e. The van der Waals surface area contributed by atoms with E-state index in [1.165, 1.54) is 38.2 Å². The number of nitrogens with zero attached hydrogens (tertiary/aromatic N) is 1. The molecule has 0 radical (unpaired) electrons. The van der Waals surface area contributed by atoms with Crippen LogP contribution in [0.5, 0.6) is 0 Å². The van der Waals surface area contributed by atoms with Crippen LogP contribution in [-0.4, -0.2) is 17.5 Å².